The van der Waals surface area contributed by atoms with Crippen LogP contribution in [0.2, 0.25) is 0 Å². The number of rotatable bonds is 7. The van der Waals surface area contributed by atoms with Crippen LogP contribution in [0.3, 0.4) is 0 Å². The Bertz CT molecular complexity index is 1100. The highest BCUT2D eigenvalue weighted by molar-refractivity contribution is 5.96. The predicted octanol–water partition coefficient (Wildman–Crippen LogP) is 4.71. The molecule has 166 valence electrons. The number of hydrogen-bond acceptors (Lipinski definition) is 6. The zero-order chi connectivity index (χ0) is 23.3. The minimum atomic E-state index is -5.04. The molecule has 0 bridgehead atoms. The van der Waals surface area contributed by atoms with Gasteiger partial charge in [0.15, 0.2) is 17.3 Å². The Morgan fingerprint density at radius 3 is 2.41 bits per heavy atom. The lowest BCUT2D eigenvalue weighted by atomic mass is 9.89. The van der Waals surface area contributed by atoms with E-state index >= 15 is 0 Å². The number of carbonyl (C=O) groups is 2. The number of hydrogen-bond donors (Lipinski definition) is 0. The van der Waals surface area contributed by atoms with E-state index in [1.165, 1.54) is 37.7 Å². The van der Waals surface area contributed by atoms with Crippen LogP contribution in [0.15, 0.2) is 60.9 Å². The minimum Gasteiger partial charge on any atom is -0.465 e. The maximum atomic E-state index is 14.3. The fraction of sp³-hybridized carbons (Fsp3) is 0.182. The normalized spacial score (nSPS) is 12.2. The Kier molecular flexibility index (Phi) is 6.82. The van der Waals surface area contributed by atoms with Crippen LogP contribution in [0, 0.1) is 5.82 Å². The van der Waals surface area contributed by atoms with E-state index in [0.717, 1.165) is 12.1 Å². The first kappa shape index (κ1) is 22.9. The molecule has 2 aromatic heterocycles. The number of nitrogens with zero attached hydrogens (tertiary/aromatic N) is 2. The molecule has 0 aliphatic rings. The molecule has 0 unspecified atom stereocenters. The van der Waals surface area contributed by atoms with Crippen LogP contribution in [-0.2, 0) is 4.74 Å². The second-order valence-electron chi connectivity index (χ2n) is 6.60. The quantitative estimate of drug-likeness (QED) is 0.296. The molecule has 2 heterocycles. The second-order valence-corrected chi connectivity index (χ2v) is 6.60. The fourth-order valence-corrected chi connectivity index (χ4v) is 3.00. The number of carbonyl (C=O) groups excluding carboxylic acids is 2. The Morgan fingerprint density at radius 2 is 1.84 bits per heavy atom. The smallest absolute Gasteiger partial charge is 0.465 e. The molecular formula is C22H16F4N2O4. The summed E-state index contributed by atoms with van der Waals surface area (Å²) in [6, 6.07) is 10.6. The Labute approximate surface area is 179 Å². The molecule has 1 aromatic carbocycles. The van der Waals surface area contributed by atoms with Crippen LogP contribution in [0.5, 0.6) is 5.75 Å². The first-order valence-electron chi connectivity index (χ1n) is 9.21. The molecule has 0 fully saturated rings. The van der Waals surface area contributed by atoms with Crippen molar-refractivity contribution in [3.05, 3.63) is 89.3 Å². The molecule has 0 radical (unpaired) electrons. The molecule has 10 heteroatoms. The number of ketones is 1. The van der Waals surface area contributed by atoms with E-state index in [1.54, 1.807) is 18.2 Å². The van der Waals surface area contributed by atoms with Crippen LogP contribution in [0.4, 0.5) is 17.6 Å². The van der Waals surface area contributed by atoms with Gasteiger partial charge in [0.05, 0.1) is 12.7 Å². The zero-order valence-electron chi connectivity index (χ0n) is 16.6. The fourth-order valence-electron chi connectivity index (χ4n) is 3.00. The van der Waals surface area contributed by atoms with Crippen molar-refractivity contribution in [3.63, 3.8) is 0 Å². The van der Waals surface area contributed by atoms with Crippen molar-refractivity contribution >= 4 is 11.8 Å². The summed E-state index contributed by atoms with van der Waals surface area (Å²) in [5.74, 6) is -4.02. The Balaban J connectivity index is 1.90. The molecule has 1 atom stereocenters. The first-order valence-corrected chi connectivity index (χ1v) is 9.21. The molecule has 0 saturated heterocycles. The van der Waals surface area contributed by atoms with Crippen molar-refractivity contribution in [1.29, 1.82) is 0 Å². The van der Waals surface area contributed by atoms with Gasteiger partial charge in [0.25, 0.3) is 0 Å². The van der Waals surface area contributed by atoms with Gasteiger partial charge >= 0.3 is 12.3 Å². The number of pyridine rings is 2. The standard InChI is InChI=1S/C22H16F4N2O4/c1-31-21(30)14-5-7-18(28-12-14)19(29)11-15(17-4-2-3-9-27-17)13-6-8-20(16(23)10-13)32-22(24,25)26/h2-10,12,15H,11H2,1H3/t15-/m0/s1. The molecule has 0 N–H and O–H groups in total. The Morgan fingerprint density at radius 1 is 1.06 bits per heavy atom. The Hall–Kier alpha value is -3.82. The lowest BCUT2D eigenvalue weighted by molar-refractivity contribution is -0.275. The molecular weight excluding hydrogens is 432 g/mol. The van der Waals surface area contributed by atoms with E-state index in [4.69, 9.17) is 0 Å². The molecule has 6 nitrogen and oxygen atoms in total. The van der Waals surface area contributed by atoms with Gasteiger partial charge in [0.2, 0.25) is 0 Å². The van der Waals surface area contributed by atoms with Crippen molar-refractivity contribution in [2.24, 2.45) is 0 Å². The summed E-state index contributed by atoms with van der Waals surface area (Å²) in [5, 5.41) is 0. The highest BCUT2D eigenvalue weighted by atomic mass is 19.4. The van der Waals surface area contributed by atoms with E-state index in [-0.39, 0.29) is 23.2 Å². The number of esters is 1. The van der Waals surface area contributed by atoms with Gasteiger partial charge < -0.3 is 9.47 Å². The van der Waals surface area contributed by atoms with Gasteiger partial charge in [0, 0.05) is 30.4 Å². The number of halogens is 4. The van der Waals surface area contributed by atoms with Gasteiger partial charge in [-0.1, -0.05) is 12.1 Å². The van der Waals surface area contributed by atoms with Gasteiger partial charge in [-0.3, -0.25) is 14.8 Å². The molecule has 32 heavy (non-hydrogen) atoms. The number of alkyl halides is 3. The summed E-state index contributed by atoms with van der Waals surface area (Å²) < 4.78 is 59.8. The lowest BCUT2D eigenvalue weighted by Gasteiger charge is -2.18. The van der Waals surface area contributed by atoms with E-state index in [9.17, 15) is 27.2 Å². The second kappa shape index (κ2) is 9.54. The largest absolute Gasteiger partial charge is 0.573 e. The summed E-state index contributed by atoms with van der Waals surface area (Å²) in [7, 11) is 1.21. The predicted molar refractivity (Wildman–Crippen MR) is 104 cm³/mol. The molecule has 3 rings (SSSR count). The molecule has 0 aliphatic carbocycles. The summed E-state index contributed by atoms with van der Waals surface area (Å²) in [6.07, 6.45) is -2.56. The van der Waals surface area contributed by atoms with Crippen LogP contribution in [0.1, 0.15) is 44.4 Å². The maximum absolute atomic E-state index is 14.3. The third-order valence-corrected chi connectivity index (χ3v) is 4.49. The minimum absolute atomic E-state index is 0.0519. The van der Waals surface area contributed by atoms with Gasteiger partial charge in [-0.2, -0.15) is 0 Å². The van der Waals surface area contributed by atoms with Crippen molar-refractivity contribution in [2.75, 3.05) is 7.11 Å². The van der Waals surface area contributed by atoms with Crippen LogP contribution < -0.4 is 4.74 Å². The first-order chi connectivity index (χ1) is 15.2. The zero-order valence-corrected chi connectivity index (χ0v) is 16.6. The SMILES string of the molecule is COC(=O)c1ccc(C(=O)C[C@@H](c2ccc(OC(F)(F)F)c(F)c2)c2ccccn2)nc1. The summed E-state index contributed by atoms with van der Waals surface area (Å²) in [5.41, 5.74) is 0.856. The summed E-state index contributed by atoms with van der Waals surface area (Å²) in [6.45, 7) is 0. The van der Waals surface area contributed by atoms with E-state index in [0.29, 0.717) is 5.69 Å². The highest BCUT2D eigenvalue weighted by Crippen LogP contribution is 2.32. The molecule has 3 aromatic rings. The number of ether oxygens (including phenoxy) is 2. The van der Waals surface area contributed by atoms with Gasteiger partial charge in [0.1, 0.15) is 5.69 Å². The molecule has 0 saturated carbocycles. The highest BCUT2D eigenvalue weighted by Gasteiger charge is 2.32. The average molecular weight is 448 g/mol. The van der Waals surface area contributed by atoms with Crippen LogP contribution in [-0.4, -0.2) is 35.2 Å². The number of benzene rings is 1. The van der Waals surface area contributed by atoms with Crippen molar-refractivity contribution in [1.82, 2.24) is 9.97 Å². The topological polar surface area (TPSA) is 78.4 Å². The molecule has 0 spiro atoms. The molecule has 0 amide bonds. The molecule has 0 aliphatic heterocycles. The summed E-state index contributed by atoms with van der Waals surface area (Å²) >= 11 is 0. The monoisotopic (exact) mass is 448 g/mol. The van der Waals surface area contributed by atoms with Crippen molar-refractivity contribution in [2.45, 2.75) is 18.7 Å². The number of Topliss-reactive ketones (excluding diaryl/α,β-unsaturated/α-hetero) is 1. The third-order valence-electron chi connectivity index (χ3n) is 4.49. The van der Waals surface area contributed by atoms with Crippen LogP contribution >= 0.6 is 0 Å². The van der Waals surface area contributed by atoms with E-state index < -0.39 is 35.6 Å². The van der Waals surface area contributed by atoms with Gasteiger partial charge in [-0.15, -0.1) is 13.2 Å². The maximum Gasteiger partial charge on any atom is 0.573 e. The lowest BCUT2D eigenvalue weighted by Crippen LogP contribution is -2.18. The average Bonchev–Trinajstić information content (AvgIpc) is 2.78. The number of methoxy groups -OCH3 is 1. The third kappa shape index (κ3) is 5.65. The van der Waals surface area contributed by atoms with Crippen LogP contribution in [0.25, 0.3) is 0 Å². The van der Waals surface area contributed by atoms with E-state index in [1.807, 2.05) is 0 Å². The summed E-state index contributed by atoms with van der Waals surface area (Å²) in [4.78, 5) is 32.5. The van der Waals surface area contributed by atoms with Gasteiger partial charge in [-0.25, -0.2) is 9.18 Å². The number of aromatic nitrogens is 2. The van der Waals surface area contributed by atoms with Gasteiger partial charge in [-0.05, 0) is 42.0 Å². The van der Waals surface area contributed by atoms with Crippen molar-refractivity contribution in [3.8, 4) is 5.75 Å². The van der Waals surface area contributed by atoms with Crippen molar-refractivity contribution < 1.29 is 36.6 Å². The van der Waals surface area contributed by atoms with E-state index in [2.05, 4.69) is 19.4 Å².